The third-order valence-corrected chi connectivity index (χ3v) is 6.06. The van der Waals surface area contributed by atoms with E-state index in [-0.39, 0.29) is 23.8 Å². The van der Waals surface area contributed by atoms with Gasteiger partial charge in [-0.3, -0.25) is 4.79 Å². The highest BCUT2D eigenvalue weighted by atomic mass is 19.1. The topological polar surface area (TPSA) is 41.1 Å². The standard InChI is InChI=1S/C20H25FN2O/c1-12-6-4-5-7-16(12)23-19(2,3)18(24)22-17-14-10-20(21)9-8-13(14)15(17)11-20/h4-8,14-15,17,23H,9-11H2,1-3H3,(H,22,24)/t14-,15+,17-,20-. The van der Waals surface area contributed by atoms with E-state index in [9.17, 15) is 9.18 Å². The molecule has 128 valence electrons. The summed E-state index contributed by atoms with van der Waals surface area (Å²) < 4.78 is 14.5. The lowest BCUT2D eigenvalue weighted by molar-refractivity contribution is -0.128. The summed E-state index contributed by atoms with van der Waals surface area (Å²) in [7, 11) is 0. The van der Waals surface area contributed by atoms with Crippen molar-refractivity contribution in [2.24, 2.45) is 11.8 Å². The maximum atomic E-state index is 14.5. The molecule has 0 aliphatic heterocycles. The molecule has 3 saturated carbocycles. The molecule has 3 fully saturated rings. The van der Waals surface area contributed by atoms with Gasteiger partial charge in [-0.05, 0) is 51.7 Å². The second-order valence-electron chi connectivity index (χ2n) is 8.24. The third kappa shape index (κ3) is 2.35. The monoisotopic (exact) mass is 328 g/mol. The third-order valence-electron chi connectivity index (χ3n) is 6.06. The Morgan fingerprint density at radius 1 is 1.25 bits per heavy atom. The number of benzene rings is 1. The predicted molar refractivity (Wildman–Crippen MR) is 93.6 cm³/mol. The minimum atomic E-state index is -1.02. The molecule has 24 heavy (non-hydrogen) atoms. The normalized spacial score (nSPS) is 33.5. The number of nitrogens with one attached hydrogen (secondary N) is 2. The van der Waals surface area contributed by atoms with Crippen molar-refractivity contribution >= 4 is 11.6 Å². The van der Waals surface area contributed by atoms with Crippen molar-refractivity contribution in [3.63, 3.8) is 0 Å². The van der Waals surface area contributed by atoms with E-state index in [1.54, 1.807) is 0 Å². The van der Waals surface area contributed by atoms with Gasteiger partial charge in [0.05, 0.1) is 0 Å². The van der Waals surface area contributed by atoms with Crippen LogP contribution in [0.2, 0.25) is 0 Å². The van der Waals surface area contributed by atoms with Gasteiger partial charge in [-0.2, -0.15) is 0 Å². The van der Waals surface area contributed by atoms with Crippen molar-refractivity contribution in [3.8, 4) is 0 Å². The predicted octanol–water partition coefficient (Wildman–Crippen LogP) is 3.75. The van der Waals surface area contributed by atoms with E-state index in [0.717, 1.165) is 11.3 Å². The lowest BCUT2D eigenvalue weighted by Gasteiger charge is -2.60. The van der Waals surface area contributed by atoms with Crippen LogP contribution in [0.25, 0.3) is 0 Å². The molecule has 5 aliphatic rings. The van der Waals surface area contributed by atoms with Crippen molar-refractivity contribution in [2.75, 3.05) is 5.32 Å². The minimum Gasteiger partial charge on any atom is -0.371 e. The molecule has 1 aromatic carbocycles. The van der Waals surface area contributed by atoms with E-state index in [1.807, 2.05) is 45.0 Å². The molecule has 3 nitrogen and oxygen atoms in total. The molecule has 1 amide bonds. The average Bonchev–Trinajstić information content (AvgIpc) is 2.53. The molecule has 4 atom stereocenters. The first-order valence-electron chi connectivity index (χ1n) is 8.83. The van der Waals surface area contributed by atoms with Gasteiger partial charge < -0.3 is 10.6 Å². The van der Waals surface area contributed by atoms with Crippen LogP contribution in [-0.2, 0) is 4.79 Å². The highest BCUT2D eigenvalue weighted by molar-refractivity contribution is 5.89. The molecule has 2 N–H and O–H groups in total. The molecule has 0 saturated heterocycles. The Labute approximate surface area is 142 Å². The number of para-hydroxylation sites is 1. The van der Waals surface area contributed by atoms with Crippen molar-refractivity contribution < 1.29 is 9.18 Å². The van der Waals surface area contributed by atoms with Gasteiger partial charge in [0.25, 0.3) is 0 Å². The van der Waals surface area contributed by atoms with Crippen LogP contribution in [0.1, 0.15) is 38.7 Å². The number of aryl methyl sites for hydroxylation is 1. The first-order valence-corrected chi connectivity index (χ1v) is 8.83. The van der Waals surface area contributed by atoms with Gasteiger partial charge in [-0.15, -0.1) is 0 Å². The van der Waals surface area contributed by atoms with Crippen molar-refractivity contribution in [1.82, 2.24) is 5.32 Å². The Bertz CT molecular complexity index is 708. The van der Waals surface area contributed by atoms with Crippen molar-refractivity contribution in [3.05, 3.63) is 41.5 Å². The zero-order chi connectivity index (χ0) is 17.1. The van der Waals surface area contributed by atoms with E-state index in [1.165, 1.54) is 5.57 Å². The Morgan fingerprint density at radius 2 is 1.92 bits per heavy atom. The van der Waals surface area contributed by atoms with Gasteiger partial charge in [0.2, 0.25) is 5.91 Å². The number of carbonyl (C=O) groups is 1. The molecule has 0 radical (unpaired) electrons. The number of rotatable bonds is 4. The van der Waals surface area contributed by atoms with Crippen LogP contribution in [0.5, 0.6) is 0 Å². The first-order chi connectivity index (χ1) is 11.3. The second kappa shape index (κ2) is 5.08. The van der Waals surface area contributed by atoms with E-state index in [2.05, 4.69) is 16.7 Å². The summed E-state index contributed by atoms with van der Waals surface area (Å²) in [6.45, 7) is 5.81. The number of carbonyl (C=O) groups excluding carboxylic acids is 1. The van der Waals surface area contributed by atoms with Crippen LogP contribution in [-0.4, -0.2) is 23.2 Å². The number of amides is 1. The van der Waals surface area contributed by atoms with E-state index in [4.69, 9.17) is 0 Å². The summed E-state index contributed by atoms with van der Waals surface area (Å²) in [5, 5.41) is 6.54. The summed E-state index contributed by atoms with van der Waals surface area (Å²) in [4.78, 5) is 12.8. The van der Waals surface area contributed by atoms with Crippen molar-refractivity contribution in [1.29, 1.82) is 0 Å². The van der Waals surface area contributed by atoms with E-state index >= 15 is 0 Å². The molecule has 0 aromatic heterocycles. The average molecular weight is 328 g/mol. The number of hydrogen-bond donors (Lipinski definition) is 2. The van der Waals surface area contributed by atoms with Gasteiger partial charge in [0, 0.05) is 23.6 Å². The number of allylic oxidation sites excluding steroid dienone is 1. The Morgan fingerprint density at radius 3 is 2.54 bits per heavy atom. The minimum absolute atomic E-state index is 0.0169. The molecular formula is C20H25FN2O. The quantitative estimate of drug-likeness (QED) is 0.827. The molecule has 1 aromatic rings. The summed E-state index contributed by atoms with van der Waals surface area (Å²) in [6, 6.07) is 8.06. The molecule has 0 spiro atoms. The largest absolute Gasteiger partial charge is 0.371 e. The lowest BCUT2D eigenvalue weighted by Crippen LogP contribution is -2.66. The van der Waals surface area contributed by atoms with Crippen LogP contribution in [0.3, 0.4) is 0 Å². The Hall–Kier alpha value is -1.84. The van der Waals surface area contributed by atoms with Gasteiger partial charge in [-0.25, -0.2) is 4.39 Å². The molecular weight excluding hydrogens is 303 g/mol. The van der Waals surface area contributed by atoms with Gasteiger partial charge in [0.15, 0.2) is 0 Å². The number of halogens is 1. The smallest absolute Gasteiger partial charge is 0.245 e. The zero-order valence-electron chi connectivity index (χ0n) is 14.5. The van der Waals surface area contributed by atoms with Crippen molar-refractivity contribution in [2.45, 2.75) is 57.3 Å². The van der Waals surface area contributed by atoms with Gasteiger partial charge in [-0.1, -0.05) is 29.8 Å². The zero-order valence-corrected chi connectivity index (χ0v) is 14.5. The van der Waals surface area contributed by atoms with Crippen LogP contribution >= 0.6 is 0 Å². The maximum Gasteiger partial charge on any atom is 0.245 e. The number of anilines is 1. The summed E-state index contributed by atoms with van der Waals surface area (Å²) in [5.41, 5.74) is 1.73. The SMILES string of the molecule is Cc1ccccc1NC(C)(C)C(=O)N[C@@H]1[C@@H]2C[C@]3(F)CC=C2[C@@H]1C3. The summed E-state index contributed by atoms with van der Waals surface area (Å²) >= 11 is 0. The molecule has 4 bridgehead atoms. The molecule has 0 unspecified atom stereocenters. The summed E-state index contributed by atoms with van der Waals surface area (Å²) in [5.74, 6) is 0.401. The second-order valence-corrected chi connectivity index (χ2v) is 8.24. The lowest BCUT2D eigenvalue weighted by atomic mass is 9.49. The Balaban J connectivity index is 1.44. The fraction of sp³-hybridized carbons (Fsp3) is 0.550. The first kappa shape index (κ1) is 15.7. The number of hydrogen-bond acceptors (Lipinski definition) is 2. The van der Waals surface area contributed by atoms with Crippen LogP contribution < -0.4 is 10.6 Å². The van der Waals surface area contributed by atoms with E-state index in [0.29, 0.717) is 19.3 Å². The van der Waals surface area contributed by atoms with Crippen LogP contribution in [0.4, 0.5) is 10.1 Å². The highest BCUT2D eigenvalue weighted by Crippen LogP contribution is 2.60. The molecule has 4 heteroatoms. The van der Waals surface area contributed by atoms with Crippen LogP contribution in [0.15, 0.2) is 35.9 Å². The summed E-state index contributed by atoms with van der Waals surface area (Å²) in [6.07, 6.45) is 3.79. The fourth-order valence-corrected chi connectivity index (χ4v) is 4.62. The molecule has 0 heterocycles. The van der Waals surface area contributed by atoms with Gasteiger partial charge in [0.1, 0.15) is 11.2 Å². The van der Waals surface area contributed by atoms with Gasteiger partial charge >= 0.3 is 0 Å². The molecule has 5 aliphatic carbocycles. The number of fused-ring (bicyclic) bond motifs is 1. The van der Waals surface area contributed by atoms with E-state index < -0.39 is 11.2 Å². The number of alkyl halides is 1. The van der Waals surface area contributed by atoms with Crippen LogP contribution in [0, 0.1) is 18.8 Å². The maximum absolute atomic E-state index is 14.5. The fourth-order valence-electron chi connectivity index (χ4n) is 4.62. The highest BCUT2D eigenvalue weighted by Gasteiger charge is 2.60. The molecule has 6 rings (SSSR count). The Kier molecular flexibility index (Phi) is 3.32.